The second-order valence-electron chi connectivity index (χ2n) is 12.4. The third-order valence-corrected chi connectivity index (χ3v) is 11.5. The van der Waals surface area contributed by atoms with Gasteiger partial charge in [-0.1, -0.05) is 27.7 Å². The summed E-state index contributed by atoms with van der Waals surface area (Å²) in [4.78, 5) is 11.6. The molecule has 0 unspecified atom stereocenters. The molecule has 0 aromatic carbocycles. The van der Waals surface area contributed by atoms with E-state index in [1.807, 2.05) is 0 Å². The van der Waals surface area contributed by atoms with Crippen molar-refractivity contribution in [1.82, 2.24) is 0 Å². The summed E-state index contributed by atoms with van der Waals surface area (Å²) in [6, 6.07) is 0. The fourth-order valence-corrected chi connectivity index (χ4v) is 9.38. The van der Waals surface area contributed by atoms with Crippen LogP contribution in [0.2, 0.25) is 0 Å². The van der Waals surface area contributed by atoms with Crippen molar-refractivity contribution < 1.29 is 24.9 Å². The third kappa shape index (κ3) is 3.16. The molecule has 0 amide bonds. The highest BCUT2D eigenvalue weighted by atomic mass is 16.5. The van der Waals surface area contributed by atoms with Crippen LogP contribution < -0.4 is 0 Å². The molecule has 10 atom stereocenters. The summed E-state index contributed by atoms with van der Waals surface area (Å²) in [6.45, 7) is 9.21. The average molecular weight is 437 g/mol. The van der Waals surface area contributed by atoms with Crippen LogP contribution in [0.1, 0.15) is 91.9 Å². The van der Waals surface area contributed by atoms with Gasteiger partial charge in [0.05, 0.1) is 25.4 Å². The molecule has 0 aromatic rings. The largest absolute Gasteiger partial charge is 0.469 e. The van der Waals surface area contributed by atoms with Crippen molar-refractivity contribution in [3.05, 3.63) is 0 Å². The number of hydrogen-bond acceptors (Lipinski definition) is 5. The van der Waals surface area contributed by atoms with Gasteiger partial charge in [-0.05, 0) is 91.8 Å². The van der Waals surface area contributed by atoms with Gasteiger partial charge in [-0.2, -0.15) is 0 Å². The number of hydrogen-bond donors (Lipinski definition) is 3. The first-order chi connectivity index (χ1) is 14.4. The molecule has 0 heterocycles. The molecule has 3 N–H and O–H groups in total. The Morgan fingerprint density at radius 1 is 0.935 bits per heavy atom. The molecular formula is C26H44O5. The third-order valence-electron chi connectivity index (χ3n) is 11.5. The van der Waals surface area contributed by atoms with E-state index in [-0.39, 0.29) is 51.7 Å². The minimum atomic E-state index is -0.411. The average Bonchev–Trinajstić information content (AvgIpc) is 3.05. The number of aliphatic hydroxyl groups excluding tert-OH is 3. The van der Waals surface area contributed by atoms with Gasteiger partial charge in [0.15, 0.2) is 0 Å². The van der Waals surface area contributed by atoms with Crippen LogP contribution in [-0.2, 0) is 9.53 Å². The van der Waals surface area contributed by atoms with Gasteiger partial charge in [-0.3, -0.25) is 4.79 Å². The van der Waals surface area contributed by atoms with Gasteiger partial charge in [0.2, 0.25) is 0 Å². The lowest BCUT2D eigenvalue weighted by Crippen LogP contribution is -2.69. The molecule has 0 aromatic heterocycles. The van der Waals surface area contributed by atoms with Gasteiger partial charge in [-0.15, -0.1) is 0 Å². The first kappa shape index (κ1) is 23.5. The number of carbonyl (C=O) groups is 1. The number of ether oxygens (including phenoxy) is 1. The normalized spacial score (nSPS) is 53.9. The number of methoxy groups -OCH3 is 1. The zero-order chi connectivity index (χ0) is 22.8. The molecule has 0 radical (unpaired) electrons. The predicted octanol–water partition coefficient (Wildman–Crippen LogP) is 4.07. The first-order valence-corrected chi connectivity index (χ1v) is 12.5. The molecule has 4 fully saturated rings. The molecule has 0 aliphatic heterocycles. The molecule has 4 saturated carbocycles. The molecular weight excluding hydrogens is 392 g/mol. The van der Waals surface area contributed by atoms with Crippen LogP contribution >= 0.6 is 0 Å². The topological polar surface area (TPSA) is 87.0 Å². The van der Waals surface area contributed by atoms with Crippen molar-refractivity contribution in [2.75, 3.05) is 7.11 Å². The van der Waals surface area contributed by atoms with E-state index in [0.717, 1.165) is 57.8 Å². The van der Waals surface area contributed by atoms with E-state index in [1.165, 1.54) is 7.11 Å². The van der Waals surface area contributed by atoms with E-state index in [2.05, 4.69) is 27.7 Å². The Morgan fingerprint density at radius 2 is 1.65 bits per heavy atom. The maximum absolute atomic E-state index is 11.7. The molecule has 0 spiro atoms. The van der Waals surface area contributed by atoms with Crippen LogP contribution in [-0.4, -0.2) is 46.7 Å². The monoisotopic (exact) mass is 436 g/mol. The Labute approximate surface area is 187 Å². The first-order valence-electron chi connectivity index (χ1n) is 12.5. The Morgan fingerprint density at radius 3 is 2.32 bits per heavy atom. The highest BCUT2D eigenvalue weighted by molar-refractivity contribution is 5.68. The van der Waals surface area contributed by atoms with Gasteiger partial charge in [0, 0.05) is 11.8 Å². The predicted molar refractivity (Wildman–Crippen MR) is 119 cm³/mol. The molecule has 5 nitrogen and oxygen atoms in total. The molecule has 31 heavy (non-hydrogen) atoms. The van der Waals surface area contributed by atoms with E-state index in [9.17, 15) is 20.1 Å². The Kier molecular flexibility index (Phi) is 5.84. The Hall–Kier alpha value is -0.650. The van der Waals surface area contributed by atoms with Crippen molar-refractivity contribution >= 4 is 5.97 Å². The maximum atomic E-state index is 11.7. The lowest BCUT2D eigenvalue weighted by molar-refractivity contribution is -0.272. The highest BCUT2D eigenvalue weighted by Crippen LogP contribution is 2.75. The lowest BCUT2D eigenvalue weighted by Gasteiger charge is -2.71. The van der Waals surface area contributed by atoms with Crippen LogP contribution in [0, 0.1) is 39.4 Å². The number of fused-ring (bicyclic) bond motifs is 5. The van der Waals surface area contributed by atoms with Crippen LogP contribution in [0.4, 0.5) is 0 Å². The molecule has 178 valence electrons. The minimum absolute atomic E-state index is 0.0193. The SMILES string of the molecule is COC(=O)CCC[C@H]1CC[C@@H]2[C@]1(C)[C@@H](O)C[C@H]1[C@@]2(C)[C@H](O)C[C@]2(C)C[C@H](O)CC[C@]12C. The quantitative estimate of drug-likeness (QED) is 0.578. The minimum Gasteiger partial charge on any atom is -0.469 e. The molecule has 0 bridgehead atoms. The van der Waals surface area contributed by atoms with Crippen molar-refractivity contribution in [3.63, 3.8) is 0 Å². The summed E-state index contributed by atoms with van der Waals surface area (Å²) in [5.74, 6) is 0.741. The summed E-state index contributed by atoms with van der Waals surface area (Å²) >= 11 is 0. The summed E-state index contributed by atoms with van der Waals surface area (Å²) in [5.41, 5.74) is -0.520. The number of rotatable bonds is 4. The molecule has 4 aliphatic rings. The zero-order valence-corrected chi connectivity index (χ0v) is 20.2. The maximum Gasteiger partial charge on any atom is 0.305 e. The summed E-state index contributed by atoms with van der Waals surface area (Å²) in [5, 5.41) is 33.7. The molecule has 0 saturated heterocycles. The Balaban J connectivity index is 1.64. The van der Waals surface area contributed by atoms with Crippen LogP contribution in [0.15, 0.2) is 0 Å². The van der Waals surface area contributed by atoms with Gasteiger partial charge in [-0.25, -0.2) is 0 Å². The summed E-state index contributed by atoms with van der Waals surface area (Å²) in [7, 11) is 1.43. The van der Waals surface area contributed by atoms with Crippen molar-refractivity contribution in [3.8, 4) is 0 Å². The standard InChI is InChI=1S/C26H44O5/c1-23-14-17(27)11-12-24(23,2)19-13-20(28)25(3)16(7-6-8-22(30)31-5)9-10-18(25)26(19,4)21(29)15-23/h16-21,27-29H,6-15H2,1-5H3/t16-,17+,18+,19+,20-,21+,23-,24+,25+,26-/m0/s1. The molecule has 4 rings (SSSR count). The summed E-state index contributed by atoms with van der Waals surface area (Å²) < 4.78 is 4.81. The number of esters is 1. The van der Waals surface area contributed by atoms with Crippen molar-refractivity contribution in [2.45, 2.75) is 110 Å². The van der Waals surface area contributed by atoms with Crippen molar-refractivity contribution in [1.29, 1.82) is 0 Å². The van der Waals surface area contributed by atoms with Crippen LogP contribution in [0.5, 0.6) is 0 Å². The van der Waals surface area contributed by atoms with E-state index in [4.69, 9.17) is 4.74 Å². The summed E-state index contributed by atoms with van der Waals surface area (Å²) in [6.07, 6.45) is 7.19. The molecule has 4 aliphatic carbocycles. The fourth-order valence-electron chi connectivity index (χ4n) is 9.38. The molecule has 5 heteroatoms. The number of carbonyl (C=O) groups excluding carboxylic acids is 1. The van der Waals surface area contributed by atoms with Gasteiger partial charge < -0.3 is 20.1 Å². The van der Waals surface area contributed by atoms with Gasteiger partial charge >= 0.3 is 5.97 Å². The van der Waals surface area contributed by atoms with E-state index < -0.39 is 6.10 Å². The van der Waals surface area contributed by atoms with Gasteiger partial charge in [0.25, 0.3) is 0 Å². The van der Waals surface area contributed by atoms with Crippen LogP contribution in [0.3, 0.4) is 0 Å². The van der Waals surface area contributed by atoms with E-state index >= 15 is 0 Å². The lowest BCUT2D eigenvalue weighted by atomic mass is 9.35. The van der Waals surface area contributed by atoms with E-state index in [0.29, 0.717) is 12.3 Å². The zero-order valence-electron chi connectivity index (χ0n) is 20.2. The van der Waals surface area contributed by atoms with E-state index in [1.54, 1.807) is 0 Å². The van der Waals surface area contributed by atoms with Crippen LogP contribution in [0.25, 0.3) is 0 Å². The van der Waals surface area contributed by atoms with Crippen molar-refractivity contribution in [2.24, 2.45) is 39.4 Å². The second-order valence-corrected chi connectivity index (χ2v) is 12.4. The second kappa shape index (κ2) is 7.70. The van der Waals surface area contributed by atoms with Gasteiger partial charge in [0.1, 0.15) is 0 Å². The fraction of sp³-hybridized carbons (Fsp3) is 0.962. The smallest absolute Gasteiger partial charge is 0.305 e. The highest BCUT2D eigenvalue weighted by Gasteiger charge is 2.72. The Bertz CT molecular complexity index is 710. The number of aliphatic hydroxyl groups is 3.